The first kappa shape index (κ1) is 22.3. The number of rotatable bonds is 8. The Balaban J connectivity index is 1.35. The highest BCUT2D eigenvalue weighted by atomic mass is 16.5. The Bertz CT molecular complexity index is 875. The molecule has 2 aromatic carbocycles. The summed E-state index contributed by atoms with van der Waals surface area (Å²) >= 11 is 0. The highest BCUT2D eigenvalue weighted by Gasteiger charge is 2.24. The lowest BCUT2D eigenvalue weighted by atomic mass is 10.1. The molecule has 0 unspecified atom stereocenters. The Labute approximate surface area is 183 Å². The van der Waals surface area contributed by atoms with Gasteiger partial charge in [-0.1, -0.05) is 30.3 Å². The summed E-state index contributed by atoms with van der Waals surface area (Å²) in [5.41, 5.74) is 1.71. The molecule has 0 bridgehead atoms. The van der Waals surface area contributed by atoms with Gasteiger partial charge in [-0.05, 0) is 42.7 Å². The molecule has 2 aromatic rings. The Morgan fingerprint density at radius 2 is 1.48 bits per heavy atom. The van der Waals surface area contributed by atoms with Gasteiger partial charge in [-0.15, -0.1) is 0 Å². The minimum atomic E-state index is -0.303. The topological polar surface area (TPSA) is 79.0 Å². The maximum atomic E-state index is 12.4. The lowest BCUT2D eigenvalue weighted by Crippen LogP contribution is -2.52. The fourth-order valence-corrected chi connectivity index (χ4v) is 3.56. The van der Waals surface area contributed by atoms with Crippen LogP contribution in [-0.4, -0.2) is 67.4 Å². The largest absolute Gasteiger partial charge is 0.497 e. The SMILES string of the molecule is COc1ccc(C(=O)NCC(=O)N2CCN(C(=O)CCCc3ccccc3)CC2)cc1. The second kappa shape index (κ2) is 11.2. The van der Waals surface area contributed by atoms with E-state index in [2.05, 4.69) is 17.4 Å². The Kier molecular flexibility index (Phi) is 8.04. The van der Waals surface area contributed by atoms with Crippen molar-refractivity contribution >= 4 is 17.7 Å². The van der Waals surface area contributed by atoms with Gasteiger partial charge in [-0.3, -0.25) is 14.4 Å². The minimum Gasteiger partial charge on any atom is -0.497 e. The number of benzene rings is 2. The van der Waals surface area contributed by atoms with Gasteiger partial charge in [0.1, 0.15) is 5.75 Å². The van der Waals surface area contributed by atoms with Gasteiger partial charge < -0.3 is 19.9 Å². The number of nitrogens with zero attached hydrogens (tertiary/aromatic N) is 2. The molecule has 0 atom stereocenters. The number of carbonyl (C=O) groups excluding carboxylic acids is 3. The van der Waals surface area contributed by atoms with Crippen molar-refractivity contribution in [3.8, 4) is 5.75 Å². The molecule has 0 aliphatic carbocycles. The van der Waals surface area contributed by atoms with E-state index in [1.165, 1.54) is 5.56 Å². The van der Waals surface area contributed by atoms with Gasteiger partial charge in [0.2, 0.25) is 11.8 Å². The molecule has 164 valence electrons. The first-order valence-electron chi connectivity index (χ1n) is 10.6. The lowest BCUT2D eigenvalue weighted by Gasteiger charge is -2.35. The fraction of sp³-hybridized carbons (Fsp3) is 0.375. The van der Waals surface area contributed by atoms with Crippen molar-refractivity contribution in [3.05, 3.63) is 65.7 Å². The van der Waals surface area contributed by atoms with Crippen LogP contribution >= 0.6 is 0 Å². The zero-order chi connectivity index (χ0) is 22.1. The van der Waals surface area contributed by atoms with E-state index in [0.29, 0.717) is 43.9 Å². The van der Waals surface area contributed by atoms with Crippen LogP contribution in [0.15, 0.2) is 54.6 Å². The summed E-state index contributed by atoms with van der Waals surface area (Å²) in [5, 5.41) is 2.66. The van der Waals surface area contributed by atoms with E-state index in [0.717, 1.165) is 12.8 Å². The number of ether oxygens (including phenoxy) is 1. The molecule has 0 radical (unpaired) electrons. The molecule has 3 amide bonds. The third-order valence-corrected chi connectivity index (χ3v) is 5.44. The van der Waals surface area contributed by atoms with E-state index < -0.39 is 0 Å². The van der Waals surface area contributed by atoms with Gasteiger partial charge >= 0.3 is 0 Å². The lowest BCUT2D eigenvalue weighted by molar-refractivity contribution is -0.139. The van der Waals surface area contributed by atoms with Crippen LogP contribution in [0.4, 0.5) is 0 Å². The highest BCUT2D eigenvalue weighted by Crippen LogP contribution is 2.11. The van der Waals surface area contributed by atoms with Crippen LogP contribution in [0.1, 0.15) is 28.8 Å². The average Bonchev–Trinajstić information content (AvgIpc) is 2.83. The van der Waals surface area contributed by atoms with Crippen LogP contribution in [0.2, 0.25) is 0 Å². The Hall–Kier alpha value is -3.35. The zero-order valence-electron chi connectivity index (χ0n) is 17.9. The summed E-state index contributed by atoms with van der Waals surface area (Å²) in [4.78, 5) is 40.6. The van der Waals surface area contributed by atoms with Gasteiger partial charge in [0.25, 0.3) is 5.91 Å². The van der Waals surface area contributed by atoms with Crippen molar-refractivity contribution in [3.63, 3.8) is 0 Å². The first-order chi connectivity index (χ1) is 15.1. The van der Waals surface area contributed by atoms with Crippen LogP contribution in [0, 0.1) is 0 Å². The molecule has 1 aliphatic heterocycles. The fourth-order valence-electron chi connectivity index (χ4n) is 3.56. The molecular weight excluding hydrogens is 394 g/mol. The number of hydrogen-bond donors (Lipinski definition) is 1. The van der Waals surface area contributed by atoms with Crippen LogP contribution < -0.4 is 10.1 Å². The van der Waals surface area contributed by atoms with Crippen molar-refractivity contribution < 1.29 is 19.1 Å². The van der Waals surface area contributed by atoms with Gasteiger partial charge in [0.05, 0.1) is 13.7 Å². The molecule has 7 heteroatoms. The third-order valence-electron chi connectivity index (χ3n) is 5.44. The number of hydrogen-bond acceptors (Lipinski definition) is 4. The van der Waals surface area contributed by atoms with E-state index >= 15 is 0 Å². The monoisotopic (exact) mass is 423 g/mol. The van der Waals surface area contributed by atoms with Crippen molar-refractivity contribution in [2.75, 3.05) is 39.8 Å². The summed E-state index contributed by atoms with van der Waals surface area (Å²) in [6, 6.07) is 16.9. The van der Waals surface area contributed by atoms with Crippen molar-refractivity contribution in [1.82, 2.24) is 15.1 Å². The molecule has 0 aromatic heterocycles. The number of amides is 3. The van der Waals surface area contributed by atoms with E-state index in [4.69, 9.17) is 4.74 Å². The number of nitrogens with one attached hydrogen (secondary N) is 1. The second-order valence-corrected chi connectivity index (χ2v) is 7.51. The molecule has 3 rings (SSSR count). The predicted molar refractivity (Wildman–Crippen MR) is 118 cm³/mol. The number of aryl methyl sites for hydroxylation is 1. The number of piperazine rings is 1. The summed E-state index contributed by atoms with van der Waals surface area (Å²) in [5.74, 6) is 0.359. The summed E-state index contributed by atoms with van der Waals surface area (Å²) in [6.45, 7) is 1.98. The molecule has 7 nitrogen and oxygen atoms in total. The summed E-state index contributed by atoms with van der Waals surface area (Å²) in [6.07, 6.45) is 2.22. The third kappa shape index (κ3) is 6.57. The Morgan fingerprint density at radius 1 is 0.871 bits per heavy atom. The molecule has 31 heavy (non-hydrogen) atoms. The number of methoxy groups -OCH3 is 1. The molecular formula is C24H29N3O4. The standard InChI is InChI=1S/C24H29N3O4/c1-31-21-12-10-20(11-13-21)24(30)25-18-23(29)27-16-14-26(15-17-27)22(28)9-5-8-19-6-3-2-4-7-19/h2-4,6-7,10-13H,5,8-9,14-18H2,1H3,(H,25,30). The van der Waals surface area contributed by atoms with E-state index in [9.17, 15) is 14.4 Å². The van der Waals surface area contributed by atoms with Crippen molar-refractivity contribution in [1.29, 1.82) is 0 Å². The zero-order valence-corrected chi connectivity index (χ0v) is 17.9. The average molecular weight is 424 g/mol. The molecule has 1 aliphatic rings. The maximum absolute atomic E-state index is 12.4. The van der Waals surface area contributed by atoms with Crippen LogP contribution in [0.3, 0.4) is 0 Å². The van der Waals surface area contributed by atoms with E-state index in [1.54, 1.807) is 36.3 Å². The van der Waals surface area contributed by atoms with Gasteiger partial charge in [0.15, 0.2) is 0 Å². The summed E-state index contributed by atoms with van der Waals surface area (Å²) < 4.78 is 5.07. The van der Waals surface area contributed by atoms with Crippen LogP contribution in [0.25, 0.3) is 0 Å². The van der Waals surface area contributed by atoms with Crippen molar-refractivity contribution in [2.45, 2.75) is 19.3 Å². The predicted octanol–water partition coefficient (Wildman–Crippen LogP) is 2.12. The normalized spacial score (nSPS) is 13.6. The maximum Gasteiger partial charge on any atom is 0.251 e. The second-order valence-electron chi connectivity index (χ2n) is 7.51. The summed E-state index contributed by atoms with van der Waals surface area (Å²) in [7, 11) is 1.56. The quantitative estimate of drug-likeness (QED) is 0.706. The first-order valence-corrected chi connectivity index (χ1v) is 10.6. The van der Waals surface area contributed by atoms with E-state index in [-0.39, 0.29) is 24.3 Å². The van der Waals surface area contributed by atoms with Crippen LogP contribution in [-0.2, 0) is 16.0 Å². The molecule has 0 spiro atoms. The number of carbonyl (C=O) groups is 3. The minimum absolute atomic E-state index is 0.0596. The Morgan fingerprint density at radius 3 is 2.10 bits per heavy atom. The highest BCUT2D eigenvalue weighted by molar-refractivity contribution is 5.96. The van der Waals surface area contributed by atoms with E-state index in [1.807, 2.05) is 23.1 Å². The van der Waals surface area contributed by atoms with Gasteiger partial charge in [-0.2, -0.15) is 0 Å². The smallest absolute Gasteiger partial charge is 0.251 e. The molecule has 0 saturated carbocycles. The molecule has 1 fully saturated rings. The molecule has 1 saturated heterocycles. The molecule has 1 heterocycles. The van der Waals surface area contributed by atoms with Gasteiger partial charge in [0, 0.05) is 38.2 Å². The van der Waals surface area contributed by atoms with Crippen LogP contribution in [0.5, 0.6) is 5.75 Å². The van der Waals surface area contributed by atoms with Gasteiger partial charge in [-0.25, -0.2) is 0 Å². The molecule has 1 N–H and O–H groups in total. The van der Waals surface area contributed by atoms with Crippen molar-refractivity contribution in [2.24, 2.45) is 0 Å².